The molecule has 0 aliphatic carbocycles. The van der Waals surface area contributed by atoms with E-state index in [2.05, 4.69) is 34.0 Å². The number of hydrogen-bond donors (Lipinski definition) is 1. The second-order valence-corrected chi connectivity index (χ2v) is 4.54. The van der Waals surface area contributed by atoms with Gasteiger partial charge in [0.1, 0.15) is 18.0 Å². The van der Waals surface area contributed by atoms with Gasteiger partial charge in [-0.05, 0) is 12.8 Å². The Kier molecular flexibility index (Phi) is 4.75. The highest BCUT2D eigenvalue weighted by Crippen LogP contribution is 2.18. The van der Waals surface area contributed by atoms with Gasteiger partial charge in [-0.2, -0.15) is 0 Å². The number of anilines is 2. The van der Waals surface area contributed by atoms with Gasteiger partial charge in [0.15, 0.2) is 0 Å². The Hall–Kier alpha value is -1.36. The number of nitrogens with one attached hydrogen (secondary N) is 1. The summed E-state index contributed by atoms with van der Waals surface area (Å²) in [4.78, 5) is 10.9. The summed E-state index contributed by atoms with van der Waals surface area (Å²) in [6, 6.07) is 2.02. The van der Waals surface area contributed by atoms with Crippen molar-refractivity contribution >= 4 is 11.6 Å². The molecule has 0 bridgehead atoms. The second-order valence-electron chi connectivity index (χ2n) is 4.54. The van der Waals surface area contributed by atoms with Crippen LogP contribution in [-0.4, -0.2) is 42.3 Å². The van der Waals surface area contributed by atoms with Gasteiger partial charge in [0.25, 0.3) is 0 Å². The third-order valence-electron chi connectivity index (χ3n) is 3.13. The van der Waals surface area contributed by atoms with E-state index in [9.17, 15) is 0 Å². The quantitative estimate of drug-likeness (QED) is 0.865. The van der Waals surface area contributed by atoms with Crippen LogP contribution in [0.15, 0.2) is 12.4 Å². The van der Waals surface area contributed by atoms with Crippen molar-refractivity contribution in [3.63, 3.8) is 0 Å². The van der Waals surface area contributed by atoms with Crippen molar-refractivity contribution in [2.75, 3.05) is 36.5 Å². The minimum atomic E-state index is 0.320. The van der Waals surface area contributed by atoms with E-state index in [0.717, 1.165) is 50.7 Å². The Morgan fingerprint density at radius 3 is 3.11 bits per heavy atom. The molecule has 2 rings (SSSR count). The summed E-state index contributed by atoms with van der Waals surface area (Å²) in [5, 5.41) is 3.29. The largest absolute Gasteiger partial charge is 0.375 e. The number of aromatic nitrogens is 2. The van der Waals surface area contributed by atoms with Crippen molar-refractivity contribution in [3.05, 3.63) is 12.4 Å². The molecule has 1 unspecified atom stereocenters. The predicted octanol–water partition coefficient (Wildman–Crippen LogP) is 1.91. The fourth-order valence-electron chi connectivity index (χ4n) is 2.04. The fraction of sp³-hybridized carbons (Fsp3) is 0.692. The topological polar surface area (TPSA) is 50.3 Å². The number of hydrogen-bond acceptors (Lipinski definition) is 5. The molecule has 1 fully saturated rings. The molecule has 1 aromatic heterocycles. The summed E-state index contributed by atoms with van der Waals surface area (Å²) in [6.07, 6.45) is 4.09. The van der Waals surface area contributed by atoms with Crippen LogP contribution >= 0.6 is 0 Å². The SMILES string of the molecule is CCCNc1cc(N2CCOC(CC)C2)ncn1. The average molecular weight is 250 g/mol. The minimum absolute atomic E-state index is 0.320. The van der Waals surface area contributed by atoms with Gasteiger partial charge in [0.05, 0.1) is 12.7 Å². The second kappa shape index (κ2) is 6.54. The van der Waals surface area contributed by atoms with Gasteiger partial charge in [0, 0.05) is 25.7 Å². The Morgan fingerprint density at radius 1 is 1.44 bits per heavy atom. The standard InChI is InChI=1S/C13H22N4O/c1-3-5-14-12-8-13(16-10-15-12)17-6-7-18-11(4-2)9-17/h8,10-11H,3-7,9H2,1-2H3,(H,14,15,16). The molecule has 5 heteroatoms. The molecular formula is C13H22N4O. The van der Waals surface area contributed by atoms with Gasteiger partial charge >= 0.3 is 0 Å². The van der Waals surface area contributed by atoms with Crippen LogP contribution in [0.4, 0.5) is 11.6 Å². The van der Waals surface area contributed by atoms with Gasteiger partial charge in [-0.3, -0.25) is 0 Å². The zero-order chi connectivity index (χ0) is 12.8. The molecule has 0 saturated carbocycles. The van der Waals surface area contributed by atoms with Crippen LogP contribution in [-0.2, 0) is 4.74 Å². The molecule has 0 amide bonds. The molecule has 1 aliphatic heterocycles. The van der Waals surface area contributed by atoms with Crippen molar-refractivity contribution < 1.29 is 4.74 Å². The fourth-order valence-corrected chi connectivity index (χ4v) is 2.04. The molecule has 18 heavy (non-hydrogen) atoms. The predicted molar refractivity (Wildman–Crippen MR) is 73.1 cm³/mol. The molecule has 5 nitrogen and oxygen atoms in total. The normalized spacial score (nSPS) is 19.9. The smallest absolute Gasteiger partial charge is 0.134 e. The first-order valence-corrected chi connectivity index (χ1v) is 6.76. The molecule has 0 radical (unpaired) electrons. The summed E-state index contributed by atoms with van der Waals surface area (Å²) in [5.41, 5.74) is 0. The van der Waals surface area contributed by atoms with E-state index < -0.39 is 0 Å². The number of rotatable bonds is 5. The number of morpholine rings is 1. The molecule has 2 heterocycles. The van der Waals surface area contributed by atoms with Gasteiger partial charge in [-0.15, -0.1) is 0 Å². The number of nitrogens with zero attached hydrogens (tertiary/aromatic N) is 3. The Bertz CT molecular complexity index is 372. The Labute approximate surface area is 109 Å². The maximum atomic E-state index is 5.67. The highest BCUT2D eigenvalue weighted by atomic mass is 16.5. The van der Waals surface area contributed by atoms with Crippen LogP contribution in [0.5, 0.6) is 0 Å². The summed E-state index contributed by atoms with van der Waals surface area (Å²) in [7, 11) is 0. The molecule has 1 saturated heterocycles. The van der Waals surface area contributed by atoms with E-state index in [0.29, 0.717) is 6.10 Å². The van der Waals surface area contributed by atoms with Gasteiger partial charge in [0.2, 0.25) is 0 Å². The molecule has 100 valence electrons. The van der Waals surface area contributed by atoms with Crippen LogP contribution in [0, 0.1) is 0 Å². The third-order valence-corrected chi connectivity index (χ3v) is 3.13. The van der Waals surface area contributed by atoms with Crippen LogP contribution < -0.4 is 10.2 Å². The van der Waals surface area contributed by atoms with Gasteiger partial charge in [-0.25, -0.2) is 9.97 Å². The lowest BCUT2D eigenvalue weighted by molar-refractivity contribution is 0.0381. The van der Waals surface area contributed by atoms with E-state index in [1.54, 1.807) is 6.33 Å². The van der Waals surface area contributed by atoms with Crippen molar-refractivity contribution in [2.24, 2.45) is 0 Å². The zero-order valence-corrected chi connectivity index (χ0v) is 11.2. The van der Waals surface area contributed by atoms with E-state index in [1.807, 2.05) is 6.07 Å². The maximum absolute atomic E-state index is 5.67. The molecular weight excluding hydrogens is 228 g/mol. The lowest BCUT2D eigenvalue weighted by Crippen LogP contribution is -2.42. The molecule has 0 aromatic carbocycles. The van der Waals surface area contributed by atoms with E-state index >= 15 is 0 Å². The monoisotopic (exact) mass is 250 g/mol. The zero-order valence-electron chi connectivity index (χ0n) is 11.2. The first kappa shape index (κ1) is 13.1. The van der Waals surface area contributed by atoms with Crippen molar-refractivity contribution in [2.45, 2.75) is 32.8 Å². The number of ether oxygens (including phenoxy) is 1. The third kappa shape index (κ3) is 3.32. The van der Waals surface area contributed by atoms with Crippen LogP contribution in [0.25, 0.3) is 0 Å². The Balaban J connectivity index is 2.02. The molecule has 0 spiro atoms. The maximum Gasteiger partial charge on any atom is 0.134 e. The lowest BCUT2D eigenvalue weighted by Gasteiger charge is -2.33. The minimum Gasteiger partial charge on any atom is -0.375 e. The average Bonchev–Trinajstić information content (AvgIpc) is 2.45. The molecule has 1 aromatic rings. The van der Waals surface area contributed by atoms with Crippen molar-refractivity contribution in [1.82, 2.24) is 9.97 Å². The summed E-state index contributed by atoms with van der Waals surface area (Å²) in [5.74, 6) is 1.90. The molecule has 1 aliphatic rings. The van der Waals surface area contributed by atoms with Crippen LogP contribution in [0.3, 0.4) is 0 Å². The lowest BCUT2D eigenvalue weighted by atomic mass is 10.2. The van der Waals surface area contributed by atoms with Crippen molar-refractivity contribution in [1.29, 1.82) is 0 Å². The summed E-state index contributed by atoms with van der Waals surface area (Å²) < 4.78 is 5.67. The first-order valence-electron chi connectivity index (χ1n) is 6.76. The van der Waals surface area contributed by atoms with Crippen LogP contribution in [0.2, 0.25) is 0 Å². The summed E-state index contributed by atoms with van der Waals surface area (Å²) in [6.45, 7) is 7.84. The first-order chi connectivity index (χ1) is 8.83. The van der Waals surface area contributed by atoms with E-state index in [4.69, 9.17) is 4.74 Å². The summed E-state index contributed by atoms with van der Waals surface area (Å²) >= 11 is 0. The van der Waals surface area contributed by atoms with Gasteiger partial charge < -0.3 is 15.0 Å². The van der Waals surface area contributed by atoms with Gasteiger partial charge in [-0.1, -0.05) is 13.8 Å². The highest BCUT2D eigenvalue weighted by Gasteiger charge is 2.20. The molecule has 1 atom stereocenters. The van der Waals surface area contributed by atoms with Crippen molar-refractivity contribution in [3.8, 4) is 0 Å². The van der Waals surface area contributed by atoms with E-state index in [1.165, 1.54) is 0 Å². The van der Waals surface area contributed by atoms with Crippen LogP contribution in [0.1, 0.15) is 26.7 Å². The highest BCUT2D eigenvalue weighted by molar-refractivity contribution is 5.48. The van der Waals surface area contributed by atoms with E-state index in [-0.39, 0.29) is 0 Å². The molecule has 1 N–H and O–H groups in total. The Morgan fingerprint density at radius 2 is 2.33 bits per heavy atom.